The van der Waals surface area contributed by atoms with Gasteiger partial charge >= 0.3 is 0 Å². The Labute approximate surface area is 190 Å². The van der Waals surface area contributed by atoms with Gasteiger partial charge in [0.25, 0.3) is 5.91 Å². The lowest BCUT2D eigenvalue weighted by atomic mass is 10.2. The molecule has 1 amide bonds. The predicted octanol–water partition coefficient (Wildman–Crippen LogP) is 4.32. The van der Waals surface area contributed by atoms with E-state index in [-0.39, 0.29) is 5.91 Å². The number of hydrogen-bond donors (Lipinski definition) is 0. The molecule has 1 saturated heterocycles. The summed E-state index contributed by atoms with van der Waals surface area (Å²) in [4.78, 5) is 26.3. The Morgan fingerprint density at radius 2 is 2.03 bits per heavy atom. The number of hydrogen-bond acceptors (Lipinski definition) is 7. The van der Waals surface area contributed by atoms with Gasteiger partial charge in [0.2, 0.25) is 0 Å². The van der Waals surface area contributed by atoms with Crippen molar-refractivity contribution < 1.29 is 13.9 Å². The molecule has 1 aromatic carbocycles. The highest BCUT2D eigenvalue weighted by Gasteiger charge is 2.22. The van der Waals surface area contributed by atoms with E-state index in [1.165, 1.54) is 11.3 Å². The molecular weight excluding hydrogens is 424 g/mol. The zero-order valence-corrected chi connectivity index (χ0v) is 18.5. The second-order valence-electron chi connectivity index (χ2n) is 7.67. The molecule has 0 unspecified atom stereocenters. The number of fused-ring (bicyclic) bond motifs is 1. The average Bonchev–Trinajstić information content (AvgIpc) is 3.50. The van der Waals surface area contributed by atoms with Crippen LogP contribution in [0.3, 0.4) is 0 Å². The monoisotopic (exact) mass is 448 g/mol. The highest BCUT2D eigenvalue weighted by atomic mass is 32.1. The van der Waals surface area contributed by atoms with E-state index in [2.05, 4.69) is 9.88 Å². The van der Waals surface area contributed by atoms with Gasteiger partial charge in [-0.3, -0.25) is 19.6 Å². The fourth-order valence-corrected chi connectivity index (χ4v) is 4.65. The summed E-state index contributed by atoms with van der Waals surface area (Å²) in [6.07, 6.45) is 4.12. The molecule has 0 spiro atoms. The van der Waals surface area contributed by atoms with Crippen LogP contribution in [-0.4, -0.2) is 60.2 Å². The van der Waals surface area contributed by atoms with Crippen LogP contribution in [0, 0.1) is 0 Å². The first-order valence-corrected chi connectivity index (χ1v) is 11.6. The molecule has 4 heterocycles. The van der Waals surface area contributed by atoms with Crippen LogP contribution >= 0.6 is 11.3 Å². The summed E-state index contributed by atoms with van der Waals surface area (Å²) in [6, 6.07) is 13.4. The first-order chi connectivity index (χ1) is 15.8. The van der Waals surface area contributed by atoms with Gasteiger partial charge in [-0.25, -0.2) is 4.98 Å². The fraction of sp³-hybridized carbons (Fsp3) is 0.292. The molecular formula is C24H24N4O3S. The van der Waals surface area contributed by atoms with Crippen molar-refractivity contribution >= 4 is 33.3 Å². The molecule has 0 bridgehead atoms. The summed E-state index contributed by atoms with van der Waals surface area (Å²) in [5, 5.41) is 3.64. The zero-order chi connectivity index (χ0) is 21.8. The van der Waals surface area contributed by atoms with E-state index in [1.807, 2.05) is 35.7 Å². The Bertz CT molecular complexity index is 1150. The van der Waals surface area contributed by atoms with Gasteiger partial charge in [-0.05, 0) is 30.7 Å². The largest absolute Gasteiger partial charge is 0.454 e. The van der Waals surface area contributed by atoms with Crippen molar-refractivity contribution in [2.45, 2.75) is 6.42 Å². The number of benzene rings is 1. The molecule has 4 aromatic rings. The van der Waals surface area contributed by atoms with Crippen molar-refractivity contribution in [1.29, 1.82) is 0 Å². The second kappa shape index (κ2) is 9.60. The van der Waals surface area contributed by atoms with Crippen LogP contribution in [0.25, 0.3) is 22.4 Å². The summed E-state index contributed by atoms with van der Waals surface area (Å²) >= 11 is 1.45. The Balaban J connectivity index is 1.37. The molecule has 1 fully saturated rings. The standard InChI is InChI=1S/C24H24N4O3S/c29-23(19-6-3-8-25-16-19)28(10-4-9-27-11-13-30-14-12-27)24-26-20(17-32-24)22-15-18-5-1-2-7-21(18)31-22/h1-3,5-8,15-17H,4,9-14H2. The lowest BCUT2D eigenvalue weighted by molar-refractivity contribution is 0.0376. The molecule has 7 nitrogen and oxygen atoms in total. The molecule has 32 heavy (non-hydrogen) atoms. The zero-order valence-electron chi connectivity index (χ0n) is 17.6. The maximum atomic E-state index is 13.3. The number of para-hydroxylation sites is 1. The van der Waals surface area contributed by atoms with Gasteiger partial charge in [0.1, 0.15) is 11.3 Å². The lowest BCUT2D eigenvalue weighted by Gasteiger charge is -2.27. The Hall–Kier alpha value is -3.07. The second-order valence-corrected chi connectivity index (χ2v) is 8.51. The lowest BCUT2D eigenvalue weighted by Crippen LogP contribution is -2.39. The third-order valence-electron chi connectivity index (χ3n) is 5.51. The first-order valence-electron chi connectivity index (χ1n) is 10.7. The van der Waals surface area contributed by atoms with Gasteiger partial charge in [-0.2, -0.15) is 0 Å². The molecule has 0 radical (unpaired) electrons. The number of nitrogens with zero attached hydrogens (tertiary/aromatic N) is 4. The average molecular weight is 449 g/mol. The highest BCUT2D eigenvalue weighted by Crippen LogP contribution is 2.32. The topological polar surface area (TPSA) is 71.7 Å². The highest BCUT2D eigenvalue weighted by molar-refractivity contribution is 7.14. The molecule has 1 aliphatic heterocycles. The number of ether oxygens (including phenoxy) is 1. The number of thiazole rings is 1. The van der Waals surface area contributed by atoms with Crippen LogP contribution in [0.15, 0.2) is 64.7 Å². The number of aromatic nitrogens is 2. The van der Waals surface area contributed by atoms with E-state index >= 15 is 0 Å². The van der Waals surface area contributed by atoms with E-state index < -0.39 is 0 Å². The van der Waals surface area contributed by atoms with Crippen LogP contribution in [0.4, 0.5) is 5.13 Å². The van der Waals surface area contributed by atoms with Crippen LogP contribution in [0.5, 0.6) is 0 Å². The quantitative estimate of drug-likeness (QED) is 0.419. The molecule has 0 saturated carbocycles. The summed E-state index contributed by atoms with van der Waals surface area (Å²) in [5.41, 5.74) is 2.11. The molecule has 0 N–H and O–H groups in total. The van der Waals surface area contributed by atoms with Gasteiger partial charge in [0.05, 0.1) is 18.8 Å². The van der Waals surface area contributed by atoms with E-state index in [0.717, 1.165) is 55.9 Å². The SMILES string of the molecule is O=C(c1cccnc1)N(CCCN1CCOCC1)c1nc(-c2cc3ccccc3o2)cs1. The van der Waals surface area contributed by atoms with Crippen molar-refractivity contribution in [3.8, 4) is 11.5 Å². The smallest absolute Gasteiger partial charge is 0.261 e. The Kier molecular flexibility index (Phi) is 6.24. The van der Waals surface area contributed by atoms with Crippen molar-refractivity contribution in [3.05, 3.63) is 65.8 Å². The summed E-state index contributed by atoms with van der Waals surface area (Å²) in [6.45, 7) is 4.91. The third-order valence-corrected chi connectivity index (χ3v) is 6.38. The number of morpholine rings is 1. The van der Waals surface area contributed by atoms with E-state index in [9.17, 15) is 4.79 Å². The predicted molar refractivity (Wildman–Crippen MR) is 125 cm³/mol. The molecule has 0 atom stereocenters. The summed E-state index contributed by atoms with van der Waals surface area (Å²) in [7, 11) is 0. The molecule has 1 aliphatic rings. The number of rotatable bonds is 7. The molecule has 0 aliphatic carbocycles. The number of carbonyl (C=O) groups excluding carboxylic acids is 1. The number of anilines is 1. The minimum Gasteiger partial charge on any atom is -0.454 e. The van der Waals surface area contributed by atoms with E-state index in [1.54, 1.807) is 29.4 Å². The molecule has 5 rings (SSSR count). The van der Waals surface area contributed by atoms with Crippen molar-refractivity contribution in [2.75, 3.05) is 44.3 Å². The minimum atomic E-state index is -0.0921. The van der Waals surface area contributed by atoms with Crippen LogP contribution < -0.4 is 4.90 Å². The summed E-state index contributed by atoms with van der Waals surface area (Å²) < 4.78 is 11.4. The number of amides is 1. The molecule has 8 heteroatoms. The number of carbonyl (C=O) groups is 1. The molecule has 3 aromatic heterocycles. The van der Waals surface area contributed by atoms with Gasteiger partial charge in [0.15, 0.2) is 10.9 Å². The fourth-order valence-electron chi connectivity index (χ4n) is 3.82. The maximum Gasteiger partial charge on any atom is 0.261 e. The number of pyridine rings is 1. The van der Waals surface area contributed by atoms with Crippen LogP contribution in [0.1, 0.15) is 16.8 Å². The minimum absolute atomic E-state index is 0.0921. The Morgan fingerprint density at radius 1 is 1.16 bits per heavy atom. The first kappa shape index (κ1) is 20.8. The van der Waals surface area contributed by atoms with Gasteiger partial charge in [-0.1, -0.05) is 18.2 Å². The van der Waals surface area contributed by atoms with E-state index in [4.69, 9.17) is 14.1 Å². The van der Waals surface area contributed by atoms with Crippen LogP contribution in [0.2, 0.25) is 0 Å². The normalized spacial score (nSPS) is 14.6. The Morgan fingerprint density at radius 3 is 2.84 bits per heavy atom. The van der Waals surface area contributed by atoms with Crippen molar-refractivity contribution in [3.63, 3.8) is 0 Å². The van der Waals surface area contributed by atoms with Crippen molar-refractivity contribution in [1.82, 2.24) is 14.9 Å². The van der Waals surface area contributed by atoms with Gasteiger partial charge in [-0.15, -0.1) is 11.3 Å². The van der Waals surface area contributed by atoms with Crippen molar-refractivity contribution in [2.24, 2.45) is 0 Å². The van der Waals surface area contributed by atoms with Crippen LogP contribution in [-0.2, 0) is 4.74 Å². The van der Waals surface area contributed by atoms with Gasteiger partial charge in [0, 0.05) is 49.3 Å². The van der Waals surface area contributed by atoms with E-state index in [0.29, 0.717) is 23.0 Å². The van der Waals surface area contributed by atoms with Gasteiger partial charge < -0.3 is 9.15 Å². The third kappa shape index (κ3) is 4.57. The molecule has 164 valence electrons. The number of furan rings is 1. The maximum absolute atomic E-state index is 13.3. The summed E-state index contributed by atoms with van der Waals surface area (Å²) in [5.74, 6) is 0.612.